The van der Waals surface area contributed by atoms with Crippen molar-refractivity contribution >= 4 is 11.8 Å². The normalized spacial score (nSPS) is 17.7. The van der Waals surface area contributed by atoms with Crippen LogP contribution in [0.15, 0.2) is 24.3 Å². The van der Waals surface area contributed by atoms with E-state index in [-0.39, 0.29) is 17.7 Å². The second-order valence-electron chi connectivity index (χ2n) is 6.61. The fraction of sp³-hybridized carbons (Fsp3) is 0.600. The Hall–Kier alpha value is -1.88. The van der Waals surface area contributed by atoms with Crippen molar-refractivity contribution in [2.75, 3.05) is 19.8 Å². The van der Waals surface area contributed by atoms with E-state index in [1.807, 2.05) is 39.0 Å². The number of fused-ring (bicyclic) bond motifs is 1. The van der Waals surface area contributed by atoms with E-state index in [0.29, 0.717) is 32.7 Å². The fourth-order valence-electron chi connectivity index (χ4n) is 3.09. The molecule has 138 valence electrons. The van der Waals surface area contributed by atoms with Gasteiger partial charge in [0, 0.05) is 38.6 Å². The molecule has 0 spiro atoms. The Bertz CT molecular complexity index is 588. The molecule has 2 rings (SSSR count). The van der Waals surface area contributed by atoms with E-state index >= 15 is 0 Å². The van der Waals surface area contributed by atoms with Crippen molar-refractivity contribution in [1.29, 1.82) is 0 Å². The Kier molecular flexibility index (Phi) is 7.44. The molecule has 0 aromatic heterocycles. The van der Waals surface area contributed by atoms with E-state index in [0.717, 1.165) is 24.0 Å². The fourth-order valence-corrected chi connectivity index (χ4v) is 3.09. The van der Waals surface area contributed by atoms with Gasteiger partial charge < -0.3 is 15.0 Å². The van der Waals surface area contributed by atoms with Gasteiger partial charge in [-0.15, -0.1) is 0 Å². The van der Waals surface area contributed by atoms with Crippen molar-refractivity contribution in [2.45, 2.75) is 52.6 Å². The van der Waals surface area contributed by atoms with Crippen LogP contribution >= 0.6 is 0 Å². The Morgan fingerprint density at radius 3 is 2.68 bits per heavy atom. The van der Waals surface area contributed by atoms with E-state index in [1.54, 1.807) is 4.90 Å². The third-order valence-electron chi connectivity index (χ3n) is 4.84. The van der Waals surface area contributed by atoms with Crippen LogP contribution in [-0.4, -0.2) is 42.5 Å². The molecule has 1 aromatic rings. The van der Waals surface area contributed by atoms with Gasteiger partial charge in [0.25, 0.3) is 0 Å². The molecule has 0 saturated carbocycles. The van der Waals surface area contributed by atoms with E-state index in [4.69, 9.17) is 4.74 Å². The first-order valence-corrected chi connectivity index (χ1v) is 9.31. The van der Waals surface area contributed by atoms with Crippen molar-refractivity contribution in [1.82, 2.24) is 10.2 Å². The lowest BCUT2D eigenvalue weighted by atomic mass is 9.92. The largest absolute Gasteiger partial charge is 0.382 e. The number of nitrogens with one attached hydrogen (secondary N) is 1. The van der Waals surface area contributed by atoms with Crippen molar-refractivity contribution in [3.63, 3.8) is 0 Å². The molecule has 0 fully saturated rings. The first-order chi connectivity index (χ1) is 12.1. The van der Waals surface area contributed by atoms with Crippen molar-refractivity contribution < 1.29 is 14.3 Å². The highest BCUT2D eigenvalue weighted by atomic mass is 16.5. The van der Waals surface area contributed by atoms with Crippen molar-refractivity contribution in [3.05, 3.63) is 35.4 Å². The van der Waals surface area contributed by atoms with Crippen LogP contribution in [0.4, 0.5) is 0 Å². The standard InChI is InChI=1S/C20H30N2O3/c1-4-15(3)20(24)22-14-17-10-7-6-9-16(17)13-18(22)19(23)21-11-8-12-25-5-2/h6-7,9-10,15,18H,4-5,8,11-14H2,1-3H3,(H,21,23). The third kappa shape index (κ3) is 5.05. The van der Waals surface area contributed by atoms with Crippen LogP contribution in [0.1, 0.15) is 44.7 Å². The molecule has 2 unspecified atom stereocenters. The first-order valence-electron chi connectivity index (χ1n) is 9.31. The van der Waals surface area contributed by atoms with Gasteiger partial charge in [-0.1, -0.05) is 38.1 Å². The van der Waals surface area contributed by atoms with Gasteiger partial charge in [-0.2, -0.15) is 0 Å². The number of hydrogen-bond acceptors (Lipinski definition) is 3. The first kappa shape index (κ1) is 19.4. The lowest BCUT2D eigenvalue weighted by Gasteiger charge is -2.37. The predicted molar refractivity (Wildman–Crippen MR) is 98.1 cm³/mol. The van der Waals surface area contributed by atoms with E-state index in [2.05, 4.69) is 11.4 Å². The van der Waals surface area contributed by atoms with Gasteiger partial charge in [-0.05, 0) is 30.9 Å². The minimum atomic E-state index is -0.427. The minimum absolute atomic E-state index is 0.0615. The lowest BCUT2D eigenvalue weighted by molar-refractivity contribution is -0.144. The zero-order chi connectivity index (χ0) is 18.2. The SMILES string of the molecule is CCOCCCNC(=O)C1Cc2ccccc2CN1C(=O)C(C)CC. The number of benzene rings is 1. The van der Waals surface area contributed by atoms with Crippen molar-refractivity contribution in [3.8, 4) is 0 Å². The highest BCUT2D eigenvalue weighted by Gasteiger charge is 2.35. The lowest BCUT2D eigenvalue weighted by Crippen LogP contribution is -2.53. The van der Waals surface area contributed by atoms with E-state index in [1.165, 1.54) is 0 Å². The van der Waals surface area contributed by atoms with Crippen molar-refractivity contribution in [2.24, 2.45) is 5.92 Å². The van der Waals surface area contributed by atoms with Crippen LogP contribution in [0.25, 0.3) is 0 Å². The monoisotopic (exact) mass is 346 g/mol. The van der Waals surface area contributed by atoms with Crippen LogP contribution in [-0.2, 0) is 27.3 Å². The molecule has 0 aliphatic carbocycles. The smallest absolute Gasteiger partial charge is 0.243 e. The number of carbonyl (C=O) groups excluding carboxylic acids is 2. The summed E-state index contributed by atoms with van der Waals surface area (Å²) in [4.78, 5) is 27.3. The van der Waals surface area contributed by atoms with Crippen LogP contribution in [0, 0.1) is 5.92 Å². The van der Waals surface area contributed by atoms with Crippen LogP contribution < -0.4 is 5.32 Å². The number of hydrogen-bond donors (Lipinski definition) is 1. The molecule has 2 atom stereocenters. The zero-order valence-electron chi connectivity index (χ0n) is 15.6. The third-order valence-corrected chi connectivity index (χ3v) is 4.84. The molecule has 2 amide bonds. The maximum atomic E-state index is 12.8. The van der Waals surface area contributed by atoms with Gasteiger partial charge in [0.1, 0.15) is 6.04 Å². The summed E-state index contributed by atoms with van der Waals surface area (Å²) in [5.41, 5.74) is 2.30. The average molecular weight is 346 g/mol. The molecule has 1 aliphatic rings. The van der Waals surface area contributed by atoms with Crippen LogP contribution in [0.5, 0.6) is 0 Å². The van der Waals surface area contributed by atoms with Gasteiger partial charge in [-0.25, -0.2) is 0 Å². The number of nitrogens with zero attached hydrogens (tertiary/aromatic N) is 1. The summed E-state index contributed by atoms with van der Waals surface area (Å²) in [6, 6.07) is 7.64. The Morgan fingerprint density at radius 2 is 2.00 bits per heavy atom. The molecule has 1 N–H and O–H groups in total. The summed E-state index contributed by atoms with van der Waals surface area (Å²) >= 11 is 0. The molecule has 5 heteroatoms. The molecule has 0 saturated heterocycles. The molecule has 1 aromatic carbocycles. The molecular formula is C20H30N2O3. The Morgan fingerprint density at radius 1 is 1.28 bits per heavy atom. The van der Waals surface area contributed by atoms with Gasteiger partial charge in [0.15, 0.2) is 0 Å². The predicted octanol–water partition coefficient (Wildman–Crippen LogP) is 2.53. The molecule has 25 heavy (non-hydrogen) atoms. The van der Waals surface area contributed by atoms with Crippen LogP contribution in [0.2, 0.25) is 0 Å². The highest BCUT2D eigenvalue weighted by molar-refractivity contribution is 5.89. The zero-order valence-corrected chi connectivity index (χ0v) is 15.6. The summed E-state index contributed by atoms with van der Waals surface area (Å²) in [5, 5.41) is 2.97. The second-order valence-corrected chi connectivity index (χ2v) is 6.61. The Labute approximate surface area is 150 Å². The van der Waals surface area contributed by atoms with Crippen LogP contribution in [0.3, 0.4) is 0 Å². The number of amides is 2. The molecular weight excluding hydrogens is 316 g/mol. The summed E-state index contributed by atoms with van der Waals surface area (Å²) in [6.07, 6.45) is 2.14. The van der Waals surface area contributed by atoms with Gasteiger partial charge in [-0.3, -0.25) is 9.59 Å². The average Bonchev–Trinajstić information content (AvgIpc) is 2.65. The number of carbonyl (C=O) groups is 2. The van der Waals surface area contributed by atoms with Gasteiger partial charge in [0.05, 0.1) is 0 Å². The quantitative estimate of drug-likeness (QED) is 0.736. The maximum absolute atomic E-state index is 12.8. The van der Waals surface area contributed by atoms with Gasteiger partial charge in [0.2, 0.25) is 11.8 Å². The van der Waals surface area contributed by atoms with E-state index in [9.17, 15) is 9.59 Å². The highest BCUT2D eigenvalue weighted by Crippen LogP contribution is 2.25. The summed E-state index contributed by atoms with van der Waals surface area (Å²) in [5.74, 6) is -0.0763. The maximum Gasteiger partial charge on any atom is 0.243 e. The van der Waals surface area contributed by atoms with E-state index < -0.39 is 6.04 Å². The number of rotatable bonds is 8. The molecule has 0 bridgehead atoms. The molecule has 1 aliphatic heterocycles. The summed E-state index contributed by atoms with van der Waals surface area (Å²) in [6.45, 7) is 8.29. The molecule has 5 nitrogen and oxygen atoms in total. The van der Waals surface area contributed by atoms with Gasteiger partial charge >= 0.3 is 0 Å². The minimum Gasteiger partial charge on any atom is -0.382 e. The molecule has 1 heterocycles. The topological polar surface area (TPSA) is 58.6 Å². The second kappa shape index (κ2) is 9.56. The Balaban J connectivity index is 2.08. The number of ether oxygens (including phenoxy) is 1. The summed E-state index contributed by atoms with van der Waals surface area (Å²) < 4.78 is 5.30. The molecule has 0 radical (unpaired) electrons. The summed E-state index contributed by atoms with van der Waals surface area (Å²) in [7, 11) is 0.